The highest BCUT2D eigenvalue weighted by Crippen LogP contribution is 2.42. The van der Waals surface area contributed by atoms with Gasteiger partial charge in [0.25, 0.3) is 0 Å². The zero-order chi connectivity index (χ0) is 17.7. The number of hydrogen-bond acceptors (Lipinski definition) is 0. The molecule has 0 bridgehead atoms. The maximum atomic E-state index is 3.00. The molecule has 1 unspecified atom stereocenters. The molecule has 1 atom stereocenters. The predicted molar refractivity (Wildman–Crippen MR) is 103 cm³/mol. The first kappa shape index (κ1) is 25.7. The van der Waals surface area contributed by atoms with Crippen molar-refractivity contribution in [2.24, 2.45) is 22.7 Å². The van der Waals surface area contributed by atoms with Gasteiger partial charge < -0.3 is 0 Å². The van der Waals surface area contributed by atoms with E-state index in [0.717, 1.165) is 17.3 Å². The fraction of sp³-hybridized carbons (Fsp3) is 0.905. The van der Waals surface area contributed by atoms with Crippen molar-refractivity contribution in [1.29, 1.82) is 0 Å². The summed E-state index contributed by atoms with van der Waals surface area (Å²) in [5.41, 5.74) is 1.25. The van der Waals surface area contributed by atoms with Gasteiger partial charge >= 0.3 is 0 Å². The fourth-order valence-corrected chi connectivity index (χ4v) is 3.22. The molecule has 1 fully saturated rings. The Hall–Kier alpha value is -0.260. The van der Waals surface area contributed by atoms with Crippen LogP contribution in [0, 0.1) is 22.7 Å². The van der Waals surface area contributed by atoms with Crippen molar-refractivity contribution in [3.63, 3.8) is 0 Å². The molecule has 1 saturated carbocycles. The highest BCUT2D eigenvalue weighted by molar-refractivity contribution is 4.81. The first-order valence-electron chi connectivity index (χ1n) is 9.16. The Morgan fingerprint density at radius 2 is 1.38 bits per heavy atom. The third-order valence-electron chi connectivity index (χ3n) is 4.77. The van der Waals surface area contributed by atoms with Gasteiger partial charge in [-0.1, -0.05) is 88.5 Å². The Morgan fingerprint density at radius 3 is 1.38 bits per heavy atom. The Morgan fingerprint density at radius 1 is 1.00 bits per heavy atom. The van der Waals surface area contributed by atoms with Gasteiger partial charge in [-0.15, -0.1) is 13.2 Å². The highest BCUT2D eigenvalue weighted by atomic mass is 14.3. The van der Waals surface area contributed by atoms with Crippen LogP contribution in [0.25, 0.3) is 0 Å². The van der Waals surface area contributed by atoms with Crippen LogP contribution in [-0.4, -0.2) is 0 Å². The van der Waals surface area contributed by atoms with Crippen molar-refractivity contribution in [2.75, 3.05) is 0 Å². The maximum absolute atomic E-state index is 3.00. The van der Waals surface area contributed by atoms with Crippen LogP contribution < -0.4 is 0 Å². The van der Waals surface area contributed by atoms with Crippen LogP contribution in [0.1, 0.15) is 101 Å². The molecule has 0 saturated heterocycles. The van der Waals surface area contributed by atoms with E-state index >= 15 is 0 Å². The molecular formula is C21H46. The first-order chi connectivity index (χ1) is 9.66. The number of rotatable bonds is 3. The first-order valence-corrected chi connectivity index (χ1v) is 9.16. The Kier molecular flexibility index (Phi) is 16.4. The summed E-state index contributed by atoms with van der Waals surface area (Å²) >= 11 is 0. The molecule has 0 aromatic heterocycles. The van der Waals surface area contributed by atoms with E-state index in [2.05, 4.69) is 68.5 Å². The summed E-state index contributed by atoms with van der Waals surface area (Å²) in [6.45, 7) is 28.6. The van der Waals surface area contributed by atoms with Crippen molar-refractivity contribution < 1.29 is 0 Å². The lowest BCUT2D eigenvalue weighted by Gasteiger charge is -2.37. The summed E-state index contributed by atoms with van der Waals surface area (Å²) in [5, 5.41) is 0. The second-order valence-corrected chi connectivity index (χ2v) is 7.64. The fourth-order valence-electron chi connectivity index (χ4n) is 3.22. The highest BCUT2D eigenvalue weighted by Gasteiger charge is 2.28. The molecule has 0 nitrogen and oxygen atoms in total. The smallest absolute Gasteiger partial charge is 0.0328 e. The van der Waals surface area contributed by atoms with Gasteiger partial charge in [0, 0.05) is 0 Å². The molecular weight excluding hydrogens is 252 g/mol. The van der Waals surface area contributed by atoms with Gasteiger partial charge in [-0.25, -0.2) is 0 Å². The molecule has 0 aliphatic heterocycles. The van der Waals surface area contributed by atoms with Crippen LogP contribution in [0.4, 0.5) is 0 Å². The standard InChI is InChI=1S/C10H22.C7H14.C2H6.C2H4/c1-7-9(8(2)3)10(4,5)6;1-3-7(2)5-4-6-7;2*1-2/h8-9H,7H2,1-6H3;3-6H2,1-2H3;1-2H3;1-2H2. The summed E-state index contributed by atoms with van der Waals surface area (Å²) < 4.78 is 0. The molecule has 0 N–H and O–H groups in total. The van der Waals surface area contributed by atoms with Crippen LogP contribution in [0.2, 0.25) is 0 Å². The summed E-state index contributed by atoms with van der Waals surface area (Å²) in [6, 6.07) is 0. The van der Waals surface area contributed by atoms with E-state index in [0.29, 0.717) is 5.41 Å². The predicted octanol–water partition coefficient (Wildman–Crippen LogP) is 8.13. The van der Waals surface area contributed by atoms with E-state index in [9.17, 15) is 0 Å². The molecule has 130 valence electrons. The van der Waals surface area contributed by atoms with Crippen LogP contribution in [-0.2, 0) is 0 Å². The molecule has 0 radical (unpaired) electrons. The van der Waals surface area contributed by atoms with Gasteiger partial charge in [0.1, 0.15) is 0 Å². The summed E-state index contributed by atoms with van der Waals surface area (Å²) in [4.78, 5) is 0. The second kappa shape index (κ2) is 13.4. The Balaban J connectivity index is -0.000000256. The Labute approximate surface area is 137 Å². The van der Waals surface area contributed by atoms with Crippen molar-refractivity contribution in [3.8, 4) is 0 Å². The minimum absolute atomic E-state index is 0.489. The van der Waals surface area contributed by atoms with Crippen molar-refractivity contribution in [3.05, 3.63) is 13.2 Å². The SMILES string of the molecule is C=C.CC.CCC(C(C)C)C(C)(C)C.CCC1(C)CCC1. The quantitative estimate of drug-likeness (QED) is 0.461. The average molecular weight is 299 g/mol. The second-order valence-electron chi connectivity index (χ2n) is 7.64. The van der Waals surface area contributed by atoms with Crippen molar-refractivity contribution >= 4 is 0 Å². The van der Waals surface area contributed by atoms with E-state index in [1.165, 1.54) is 32.1 Å². The molecule has 0 heterocycles. The van der Waals surface area contributed by atoms with Crippen molar-refractivity contribution in [2.45, 2.75) is 101 Å². The normalized spacial score (nSPS) is 16.9. The molecule has 0 spiro atoms. The zero-order valence-electron chi connectivity index (χ0n) is 17.1. The monoisotopic (exact) mass is 298 g/mol. The molecule has 0 aromatic carbocycles. The number of hydrogen-bond donors (Lipinski definition) is 0. The molecule has 0 amide bonds. The Bertz CT molecular complexity index is 197. The minimum Gasteiger partial charge on any atom is -0.106 e. The lowest BCUT2D eigenvalue weighted by molar-refractivity contribution is 0.155. The van der Waals surface area contributed by atoms with E-state index < -0.39 is 0 Å². The zero-order valence-corrected chi connectivity index (χ0v) is 17.1. The molecule has 1 aliphatic carbocycles. The van der Waals surface area contributed by atoms with Gasteiger partial charge in [0.15, 0.2) is 0 Å². The third-order valence-corrected chi connectivity index (χ3v) is 4.77. The topological polar surface area (TPSA) is 0 Å². The lowest BCUT2D eigenvalue weighted by atomic mass is 9.69. The minimum atomic E-state index is 0.489. The van der Waals surface area contributed by atoms with Gasteiger partial charge in [-0.3, -0.25) is 0 Å². The maximum Gasteiger partial charge on any atom is -0.0328 e. The third kappa shape index (κ3) is 12.0. The van der Waals surface area contributed by atoms with Gasteiger partial charge in [0.05, 0.1) is 0 Å². The van der Waals surface area contributed by atoms with Crippen LogP contribution in [0.15, 0.2) is 13.2 Å². The summed E-state index contributed by atoms with van der Waals surface area (Å²) in [6.07, 6.45) is 7.12. The van der Waals surface area contributed by atoms with E-state index in [1.54, 1.807) is 0 Å². The molecule has 1 aliphatic rings. The molecule has 0 heteroatoms. The van der Waals surface area contributed by atoms with Crippen LogP contribution >= 0.6 is 0 Å². The average Bonchev–Trinajstić information content (AvgIpc) is 2.40. The van der Waals surface area contributed by atoms with Crippen LogP contribution in [0.3, 0.4) is 0 Å². The lowest BCUT2D eigenvalue weighted by Crippen LogP contribution is -2.24. The largest absolute Gasteiger partial charge is 0.106 e. The molecule has 21 heavy (non-hydrogen) atoms. The van der Waals surface area contributed by atoms with Gasteiger partial charge in [0.2, 0.25) is 0 Å². The van der Waals surface area contributed by atoms with Crippen molar-refractivity contribution in [1.82, 2.24) is 0 Å². The summed E-state index contributed by atoms with van der Waals surface area (Å²) in [7, 11) is 0. The van der Waals surface area contributed by atoms with Crippen LogP contribution in [0.5, 0.6) is 0 Å². The van der Waals surface area contributed by atoms with Gasteiger partial charge in [-0.05, 0) is 35.5 Å². The van der Waals surface area contributed by atoms with E-state index in [1.807, 2.05) is 13.8 Å². The van der Waals surface area contributed by atoms with E-state index in [4.69, 9.17) is 0 Å². The van der Waals surface area contributed by atoms with E-state index in [-0.39, 0.29) is 0 Å². The molecule has 0 aromatic rings. The summed E-state index contributed by atoms with van der Waals surface area (Å²) in [5.74, 6) is 1.69. The van der Waals surface area contributed by atoms with Gasteiger partial charge in [-0.2, -0.15) is 0 Å². The molecule has 1 rings (SSSR count).